The van der Waals surface area contributed by atoms with Gasteiger partial charge in [0.2, 0.25) is 11.8 Å². The normalized spacial score (nSPS) is 12.6. The molecule has 0 heterocycles. The van der Waals surface area contributed by atoms with Gasteiger partial charge in [0.05, 0.1) is 32.0 Å². The van der Waals surface area contributed by atoms with Gasteiger partial charge in [-0.15, -0.1) is 0 Å². The number of methoxy groups -OCH3 is 1. The highest BCUT2D eigenvalue weighted by molar-refractivity contribution is 5.80. The molecule has 0 fully saturated rings. The number of hydrogen-bond donors (Lipinski definition) is 2. The molecule has 2 aromatic carbocycles. The summed E-state index contributed by atoms with van der Waals surface area (Å²) in [6, 6.07) is 14.3. The van der Waals surface area contributed by atoms with Gasteiger partial charge in [0, 0.05) is 6.92 Å². The molecule has 0 aromatic heterocycles. The molecular formula is C23H28N2O4. The average molecular weight is 396 g/mol. The van der Waals surface area contributed by atoms with Crippen molar-refractivity contribution >= 4 is 17.8 Å². The molecule has 2 rings (SSSR count). The molecule has 2 amide bonds. The third kappa shape index (κ3) is 7.07. The lowest BCUT2D eigenvalue weighted by Crippen LogP contribution is -2.35. The summed E-state index contributed by atoms with van der Waals surface area (Å²) < 4.78 is 4.77. The van der Waals surface area contributed by atoms with Crippen molar-refractivity contribution < 1.29 is 19.1 Å². The highest BCUT2D eigenvalue weighted by Gasteiger charge is 2.22. The summed E-state index contributed by atoms with van der Waals surface area (Å²) >= 11 is 0. The maximum absolute atomic E-state index is 12.8. The summed E-state index contributed by atoms with van der Waals surface area (Å²) in [7, 11) is 1.32. The molecule has 2 atom stereocenters. The van der Waals surface area contributed by atoms with Crippen LogP contribution in [0.2, 0.25) is 0 Å². The van der Waals surface area contributed by atoms with Crippen LogP contribution in [0.15, 0.2) is 48.5 Å². The van der Waals surface area contributed by atoms with Crippen molar-refractivity contribution in [2.45, 2.75) is 45.7 Å². The van der Waals surface area contributed by atoms with E-state index >= 15 is 0 Å². The Bertz CT molecular complexity index is 844. The molecule has 0 radical (unpaired) electrons. The van der Waals surface area contributed by atoms with E-state index in [-0.39, 0.29) is 24.7 Å². The molecule has 0 bridgehead atoms. The molecule has 0 aliphatic heterocycles. The highest BCUT2D eigenvalue weighted by atomic mass is 16.5. The largest absolute Gasteiger partial charge is 0.469 e. The lowest BCUT2D eigenvalue weighted by Gasteiger charge is -2.22. The second-order valence-corrected chi connectivity index (χ2v) is 7.18. The molecular weight excluding hydrogens is 368 g/mol. The average Bonchev–Trinajstić information content (AvgIpc) is 2.67. The Balaban J connectivity index is 2.16. The van der Waals surface area contributed by atoms with Gasteiger partial charge in [0.1, 0.15) is 0 Å². The summed E-state index contributed by atoms with van der Waals surface area (Å²) in [6.07, 6.45) is 0.0901. The van der Waals surface area contributed by atoms with Crippen molar-refractivity contribution in [1.29, 1.82) is 0 Å². The van der Waals surface area contributed by atoms with Gasteiger partial charge in [-0.05, 0) is 25.0 Å². The smallest absolute Gasteiger partial charge is 0.307 e. The Morgan fingerprint density at radius 1 is 0.793 bits per heavy atom. The standard InChI is InChI=1S/C23H28N2O4/c1-15-5-9-18(10-6-15)20(24-17(3)26)13-22(27)25-21(14-23(28)29-4)19-11-7-16(2)8-12-19/h5-12,20-21H,13-14H2,1-4H3,(H,24,26)(H,25,27)/t20-,21-/m0/s1. The van der Waals surface area contributed by atoms with E-state index in [4.69, 9.17) is 4.74 Å². The lowest BCUT2D eigenvalue weighted by molar-refractivity contribution is -0.141. The van der Waals surface area contributed by atoms with Gasteiger partial charge in [-0.1, -0.05) is 59.7 Å². The Morgan fingerprint density at radius 3 is 1.66 bits per heavy atom. The van der Waals surface area contributed by atoms with Crippen LogP contribution < -0.4 is 10.6 Å². The zero-order chi connectivity index (χ0) is 21.4. The van der Waals surface area contributed by atoms with E-state index < -0.39 is 18.1 Å². The molecule has 6 heteroatoms. The highest BCUT2D eigenvalue weighted by Crippen LogP contribution is 2.21. The van der Waals surface area contributed by atoms with Crippen LogP contribution in [0.5, 0.6) is 0 Å². The van der Waals surface area contributed by atoms with Crippen LogP contribution in [0, 0.1) is 13.8 Å². The van der Waals surface area contributed by atoms with Crippen molar-refractivity contribution in [3.63, 3.8) is 0 Å². The minimum atomic E-state index is -0.508. The van der Waals surface area contributed by atoms with Crippen LogP contribution >= 0.6 is 0 Å². The summed E-state index contributed by atoms with van der Waals surface area (Å²) in [5, 5.41) is 5.74. The van der Waals surface area contributed by atoms with E-state index in [1.165, 1.54) is 14.0 Å². The number of hydrogen-bond acceptors (Lipinski definition) is 4. The summed E-state index contributed by atoms with van der Waals surface area (Å²) in [6.45, 7) is 5.37. The predicted molar refractivity (Wildman–Crippen MR) is 111 cm³/mol. The fourth-order valence-corrected chi connectivity index (χ4v) is 3.04. The molecule has 0 unspecified atom stereocenters. The molecule has 0 saturated heterocycles. The van der Waals surface area contributed by atoms with E-state index in [1.807, 2.05) is 62.4 Å². The van der Waals surface area contributed by atoms with Gasteiger partial charge in [-0.3, -0.25) is 14.4 Å². The number of ether oxygens (including phenoxy) is 1. The van der Waals surface area contributed by atoms with Crippen molar-refractivity contribution in [3.05, 3.63) is 70.8 Å². The lowest BCUT2D eigenvalue weighted by atomic mass is 9.99. The maximum atomic E-state index is 12.8. The first kappa shape index (κ1) is 22.1. The molecule has 2 aromatic rings. The van der Waals surface area contributed by atoms with Gasteiger partial charge in [-0.2, -0.15) is 0 Å². The van der Waals surface area contributed by atoms with E-state index in [9.17, 15) is 14.4 Å². The second kappa shape index (κ2) is 10.4. The summed E-state index contributed by atoms with van der Waals surface area (Å²) in [5.41, 5.74) is 3.85. The van der Waals surface area contributed by atoms with E-state index in [0.29, 0.717) is 0 Å². The van der Waals surface area contributed by atoms with Crippen molar-refractivity contribution in [2.75, 3.05) is 7.11 Å². The first-order valence-electron chi connectivity index (χ1n) is 9.55. The van der Waals surface area contributed by atoms with Gasteiger partial charge in [0.25, 0.3) is 0 Å². The van der Waals surface area contributed by atoms with E-state index in [2.05, 4.69) is 10.6 Å². The second-order valence-electron chi connectivity index (χ2n) is 7.18. The molecule has 2 N–H and O–H groups in total. The third-order valence-corrected chi connectivity index (χ3v) is 4.66. The van der Waals surface area contributed by atoms with Crippen molar-refractivity contribution in [2.24, 2.45) is 0 Å². The van der Waals surface area contributed by atoms with E-state index in [0.717, 1.165) is 22.3 Å². The molecule has 6 nitrogen and oxygen atoms in total. The van der Waals surface area contributed by atoms with Gasteiger partial charge in [-0.25, -0.2) is 0 Å². The topological polar surface area (TPSA) is 84.5 Å². The molecule has 0 aliphatic rings. The molecule has 29 heavy (non-hydrogen) atoms. The molecule has 0 spiro atoms. The minimum Gasteiger partial charge on any atom is -0.469 e. The van der Waals surface area contributed by atoms with Crippen LogP contribution in [0.4, 0.5) is 0 Å². The summed E-state index contributed by atoms with van der Waals surface area (Å²) in [4.78, 5) is 36.2. The van der Waals surface area contributed by atoms with Gasteiger partial charge >= 0.3 is 5.97 Å². The predicted octanol–water partition coefficient (Wildman–Crippen LogP) is 3.29. The summed E-state index contributed by atoms with van der Waals surface area (Å²) in [5.74, 6) is -0.889. The molecule has 0 aliphatic carbocycles. The zero-order valence-corrected chi connectivity index (χ0v) is 17.3. The fourth-order valence-electron chi connectivity index (χ4n) is 3.04. The van der Waals surface area contributed by atoms with Crippen LogP contribution in [0.25, 0.3) is 0 Å². The number of nitrogens with one attached hydrogen (secondary N) is 2. The van der Waals surface area contributed by atoms with Gasteiger partial charge < -0.3 is 15.4 Å². The number of benzene rings is 2. The third-order valence-electron chi connectivity index (χ3n) is 4.66. The fraction of sp³-hybridized carbons (Fsp3) is 0.348. The zero-order valence-electron chi connectivity index (χ0n) is 17.3. The number of amides is 2. The number of esters is 1. The van der Waals surface area contributed by atoms with Crippen molar-refractivity contribution in [1.82, 2.24) is 10.6 Å². The maximum Gasteiger partial charge on any atom is 0.307 e. The number of rotatable bonds is 8. The quantitative estimate of drug-likeness (QED) is 0.671. The van der Waals surface area contributed by atoms with Crippen LogP contribution in [0.1, 0.15) is 54.1 Å². The minimum absolute atomic E-state index is 0.0284. The number of carbonyl (C=O) groups excluding carboxylic acids is 3. The molecule has 0 saturated carbocycles. The Morgan fingerprint density at radius 2 is 1.24 bits per heavy atom. The number of carbonyl (C=O) groups is 3. The Labute approximate surface area is 171 Å². The van der Waals surface area contributed by atoms with Crippen LogP contribution in [0.3, 0.4) is 0 Å². The Hall–Kier alpha value is -3.15. The molecule has 154 valence electrons. The van der Waals surface area contributed by atoms with E-state index in [1.54, 1.807) is 0 Å². The first-order valence-corrected chi connectivity index (χ1v) is 9.55. The van der Waals surface area contributed by atoms with Crippen LogP contribution in [-0.4, -0.2) is 24.9 Å². The number of aryl methyl sites for hydroxylation is 2. The van der Waals surface area contributed by atoms with Gasteiger partial charge in [0.15, 0.2) is 0 Å². The van der Waals surface area contributed by atoms with Crippen molar-refractivity contribution in [3.8, 4) is 0 Å². The Kier molecular flexibility index (Phi) is 7.95. The first-order chi connectivity index (χ1) is 13.8. The van der Waals surface area contributed by atoms with Crippen LogP contribution in [-0.2, 0) is 19.1 Å². The monoisotopic (exact) mass is 396 g/mol. The SMILES string of the molecule is COC(=O)C[C@H](NC(=O)C[C@H](NC(C)=O)c1ccc(C)cc1)c1ccc(C)cc1.